The SMILES string of the molecule is C=Cc1cc2n(c1/N=C(\N)Nc1ccc(N3CCOCC3)cc1)C1(CCCC1)CNC2=O. The number of nitrogens with one attached hydrogen (secondary N) is 2. The quantitative estimate of drug-likeness (QED) is 0.508. The fourth-order valence-electron chi connectivity index (χ4n) is 5.15. The summed E-state index contributed by atoms with van der Waals surface area (Å²) in [5, 5.41) is 6.25. The van der Waals surface area contributed by atoms with Crippen molar-refractivity contribution in [2.24, 2.45) is 10.7 Å². The summed E-state index contributed by atoms with van der Waals surface area (Å²) in [6, 6.07) is 10.0. The van der Waals surface area contributed by atoms with E-state index in [0.717, 1.165) is 68.9 Å². The van der Waals surface area contributed by atoms with Gasteiger partial charge in [0.25, 0.3) is 5.91 Å². The van der Waals surface area contributed by atoms with Crippen LogP contribution in [0.3, 0.4) is 0 Å². The van der Waals surface area contributed by atoms with E-state index in [0.29, 0.717) is 18.1 Å². The molecule has 1 aromatic carbocycles. The Morgan fingerprint density at radius 2 is 1.94 bits per heavy atom. The zero-order valence-corrected chi connectivity index (χ0v) is 18.3. The van der Waals surface area contributed by atoms with Crippen molar-refractivity contribution in [3.63, 3.8) is 0 Å². The third-order valence-corrected chi connectivity index (χ3v) is 6.78. The zero-order chi connectivity index (χ0) is 22.1. The van der Waals surface area contributed by atoms with Gasteiger partial charge in [-0.05, 0) is 43.2 Å². The molecule has 8 nitrogen and oxygen atoms in total. The van der Waals surface area contributed by atoms with Crippen LogP contribution >= 0.6 is 0 Å². The molecule has 3 aliphatic rings. The number of amides is 1. The van der Waals surface area contributed by atoms with Crippen LogP contribution in [0.15, 0.2) is 41.9 Å². The summed E-state index contributed by atoms with van der Waals surface area (Å²) in [5.41, 5.74) is 9.66. The highest BCUT2D eigenvalue weighted by atomic mass is 16.5. The van der Waals surface area contributed by atoms with Crippen LogP contribution in [0.2, 0.25) is 0 Å². The number of guanidine groups is 1. The van der Waals surface area contributed by atoms with E-state index in [4.69, 9.17) is 15.5 Å². The maximum absolute atomic E-state index is 12.6. The molecular formula is C24H30N6O2. The largest absolute Gasteiger partial charge is 0.378 e. The molecule has 5 rings (SSSR count). The number of nitrogens with two attached hydrogens (primary N) is 1. The van der Waals surface area contributed by atoms with Gasteiger partial charge in [0, 0.05) is 36.6 Å². The van der Waals surface area contributed by atoms with E-state index in [9.17, 15) is 4.79 Å². The number of aliphatic imine (C=N–C) groups is 1. The van der Waals surface area contributed by atoms with Gasteiger partial charge in [-0.2, -0.15) is 4.99 Å². The highest BCUT2D eigenvalue weighted by Crippen LogP contribution is 2.44. The fraction of sp³-hybridized carbons (Fsp3) is 0.417. The van der Waals surface area contributed by atoms with Crippen molar-refractivity contribution in [2.75, 3.05) is 43.1 Å². The minimum Gasteiger partial charge on any atom is -0.378 e. The molecule has 1 spiro atoms. The van der Waals surface area contributed by atoms with E-state index in [2.05, 4.69) is 38.8 Å². The molecule has 0 bridgehead atoms. The fourth-order valence-corrected chi connectivity index (χ4v) is 5.15. The Kier molecular flexibility index (Phi) is 5.38. The molecule has 32 heavy (non-hydrogen) atoms. The molecular weight excluding hydrogens is 404 g/mol. The molecule has 0 atom stereocenters. The highest BCUT2D eigenvalue weighted by Gasteiger charge is 2.43. The summed E-state index contributed by atoms with van der Waals surface area (Å²) in [5.74, 6) is 0.909. The van der Waals surface area contributed by atoms with E-state index in [1.54, 1.807) is 6.08 Å². The molecule has 3 heterocycles. The second-order valence-electron chi connectivity index (χ2n) is 8.73. The van der Waals surface area contributed by atoms with E-state index < -0.39 is 0 Å². The van der Waals surface area contributed by atoms with Crippen molar-refractivity contribution in [1.29, 1.82) is 0 Å². The van der Waals surface area contributed by atoms with Crippen molar-refractivity contribution < 1.29 is 9.53 Å². The maximum atomic E-state index is 12.6. The van der Waals surface area contributed by atoms with E-state index in [1.807, 2.05) is 18.2 Å². The summed E-state index contributed by atoms with van der Waals surface area (Å²) < 4.78 is 7.53. The molecule has 0 radical (unpaired) electrons. The molecule has 1 aliphatic carbocycles. The van der Waals surface area contributed by atoms with Crippen molar-refractivity contribution in [3.05, 3.63) is 48.2 Å². The predicted molar refractivity (Wildman–Crippen MR) is 128 cm³/mol. The molecule has 1 aromatic heterocycles. The molecule has 4 N–H and O–H groups in total. The average Bonchev–Trinajstić information content (AvgIpc) is 3.43. The lowest BCUT2D eigenvalue weighted by atomic mass is 9.94. The van der Waals surface area contributed by atoms with Gasteiger partial charge in [-0.3, -0.25) is 4.79 Å². The van der Waals surface area contributed by atoms with Gasteiger partial charge in [0.1, 0.15) is 11.5 Å². The van der Waals surface area contributed by atoms with E-state index in [1.165, 1.54) is 0 Å². The Morgan fingerprint density at radius 1 is 1.22 bits per heavy atom. The van der Waals surface area contributed by atoms with Crippen LogP contribution in [0.4, 0.5) is 17.2 Å². The van der Waals surface area contributed by atoms with Crippen LogP contribution < -0.4 is 21.3 Å². The van der Waals surface area contributed by atoms with Crippen LogP contribution in [0.5, 0.6) is 0 Å². The lowest BCUT2D eigenvalue weighted by Gasteiger charge is -2.37. The number of ether oxygens (including phenoxy) is 1. The Morgan fingerprint density at radius 3 is 2.62 bits per heavy atom. The number of hydrogen-bond acceptors (Lipinski definition) is 4. The molecule has 2 fully saturated rings. The topological polar surface area (TPSA) is 96.9 Å². The number of carbonyl (C=O) groups excluding carboxylic acids is 1. The van der Waals surface area contributed by atoms with Gasteiger partial charge in [0.15, 0.2) is 5.96 Å². The van der Waals surface area contributed by atoms with E-state index >= 15 is 0 Å². The molecule has 0 unspecified atom stereocenters. The van der Waals surface area contributed by atoms with Gasteiger partial charge in [-0.1, -0.05) is 25.5 Å². The van der Waals surface area contributed by atoms with Crippen LogP contribution in [-0.4, -0.2) is 49.3 Å². The summed E-state index contributed by atoms with van der Waals surface area (Å²) in [7, 11) is 0. The van der Waals surface area contributed by atoms with Crippen LogP contribution in [-0.2, 0) is 10.3 Å². The monoisotopic (exact) mass is 434 g/mol. The van der Waals surface area contributed by atoms with Crippen molar-refractivity contribution in [2.45, 2.75) is 31.2 Å². The summed E-state index contributed by atoms with van der Waals surface area (Å²) in [6.07, 6.45) is 6.06. The average molecular weight is 435 g/mol. The van der Waals surface area contributed by atoms with Gasteiger partial charge in [-0.15, -0.1) is 0 Å². The minimum atomic E-state index is -0.135. The van der Waals surface area contributed by atoms with Gasteiger partial charge in [0.2, 0.25) is 0 Å². The minimum absolute atomic E-state index is 0.0719. The summed E-state index contributed by atoms with van der Waals surface area (Å²) in [4.78, 5) is 19.6. The van der Waals surface area contributed by atoms with Crippen LogP contribution in [0, 0.1) is 0 Å². The second-order valence-corrected chi connectivity index (χ2v) is 8.73. The molecule has 8 heteroatoms. The molecule has 2 aromatic rings. The van der Waals surface area contributed by atoms with Crippen LogP contribution in [0.25, 0.3) is 6.08 Å². The third kappa shape index (κ3) is 3.64. The molecule has 168 valence electrons. The Hall–Kier alpha value is -3.26. The first-order chi connectivity index (χ1) is 15.6. The number of carbonyl (C=O) groups is 1. The number of rotatable bonds is 4. The van der Waals surface area contributed by atoms with E-state index in [-0.39, 0.29) is 17.4 Å². The lowest BCUT2D eigenvalue weighted by Crippen LogP contribution is -2.50. The molecule has 1 saturated heterocycles. The molecule has 1 amide bonds. The van der Waals surface area contributed by atoms with Crippen molar-refractivity contribution >= 4 is 35.1 Å². The van der Waals surface area contributed by atoms with Gasteiger partial charge >= 0.3 is 0 Å². The Balaban J connectivity index is 1.42. The summed E-state index contributed by atoms with van der Waals surface area (Å²) in [6.45, 7) is 7.87. The normalized spacial score (nSPS) is 20.2. The molecule has 1 saturated carbocycles. The smallest absolute Gasteiger partial charge is 0.268 e. The van der Waals surface area contributed by atoms with Crippen molar-refractivity contribution in [1.82, 2.24) is 9.88 Å². The molecule has 2 aliphatic heterocycles. The number of aromatic nitrogens is 1. The number of hydrogen-bond donors (Lipinski definition) is 3. The number of nitrogens with zero attached hydrogens (tertiary/aromatic N) is 3. The summed E-state index contributed by atoms with van der Waals surface area (Å²) >= 11 is 0. The first-order valence-electron chi connectivity index (χ1n) is 11.3. The zero-order valence-electron chi connectivity index (χ0n) is 18.3. The van der Waals surface area contributed by atoms with Gasteiger partial charge < -0.3 is 30.6 Å². The number of fused-ring (bicyclic) bond motifs is 2. The first-order valence-corrected chi connectivity index (χ1v) is 11.3. The standard InChI is InChI=1S/C24H30N6O2/c1-2-17-15-20-22(31)26-16-24(9-3-4-10-24)30(20)21(17)28-23(25)27-18-5-7-19(8-6-18)29-11-13-32-14-12-29/h2,5-8,15H,1,3-4,9-14,16H2,(H,26,31)(H3,25,27,28). The van der Waals surface area contributed by atoms with Gasteiger partial charge in [0.05, 0.1) is 18.8 Å². The first kappa shape index (κ1) is 20.6. The third-order valence-electron chi connectivity index (χ3n) is 6.78. The van der Waals surface area contributed by atoms with Crippen LogP contribution in [0.1, 0.15) is 41.7 Å². The Labute approximate surface area is 188 Å². The second kappa shape index (κ2) is 8.35. The highest BCUT2D eigenvalue weighted by molar-refractivity contribution is 5.98. The van der Waals surface area contributed by atoms with Crippen molar-refractivity contribution in [3.8, 4) is 0 Å². The predicted octanol–water partition coefficient (Wildman–Crippen LogP) is 3.04. The lowest BCUT2D eigenvalue weighted by molar-refractivity contribution is 0.0874. The number of benzene rings is 1. The Bertz CT molecular complexity index is 1040. The number of anilines is 2. The maximum Gasteiger partial charge on any atom is 0.268 e. The number of morpholine rings is 1. The van der Waals surface area contributed by atoms with Gasteiger partial charge in [-0.25, -0.2) is 0 Å².